The molecule has 0 amide bonds. The highest BCUT2D eigenvalue weighted by Gasteiger charge is 2.40. The number of aliphatic hydroxyl groups is 4. The summed E-state index contributed by atoms with van der Waals surface area (Å²) in [5.74, 6) is 0. The normalized spacial score (nSPS) is 23.8. The minimum Gasteiger partial charge on any atom is -0.391 e. The van der Waals surface area contributed by atoms with Gasteiger partial charge in [0.1, 0.15) is 17.8 Å². The second-order valence-corrected chi connectivity index (χ2v) is 2.99. The largest absolute Gasteiger partial charge is 0.391 e. The zero-order valence-corrected chi connectivity index (χ0v) is 7.01. The molecule has 0 aliphatic heterocycles. The predicted octanol–water partition coefficient (Wildman–Crippen LogP) is -1.96. The number of aldehydes is 1. The van der Waals surface area contributed by atoms with E-state index >= 15 is 0 Å². The molecule has 0 aromatic carbocycles. The van der Waals surface area contributed by atoms with Gasteiger partial charge in [0.25, 0.3) is 0 Å². The fraction of sp³-hybridized carbons (Fsp3) is 0.857. The third-order valence-electron chi connectivity index (χ3n) is 1.78. The Bertz CT molecular complexity index is 154. The monoisotopic (exact) mass is 178 g/mol. The molecule has 0 aromatic rings. The molecule has 0 unspecified atom stereocenters. The number of aliphatic hydroxyl groups excluding tert-OH is 3. The molecule has 5 nitrogen and oxygen atoms in total. The van der Waals surface area contributed by atoms with Crippen molar-refractivity contribution in [2.45, 2.75) is 37.8 Å². The second kappa shape index (κ2) is 3.95. The zero-order chi connectivity index (χ0) is 9.94. The van der Waals surface area contributed by atoms with Crippen molar-refractivity contribution in [3.63, 3.8) is 0 Å². The maximum Gasteiger partial charge on any atom is 0.151 e. The Morgan fingerprint density at radius 2 is 1.75 bits per heavy atom. The Labute approximate surface area is 70.3 Å². The average molecular weight is 178 g/mol. The van der Waals surface area contributed by atoms with Gasteiger partial charge in [-0.05, 0) is 13.8 Å². The van der Waals surface area contributed by atoms with Gasteiger partial charge in [-0.25, -0.2) is 0 Å². The highest BCUT2D eigenvalue weighted by atomic mass is 16.4. The Hall–Kier alpha value is -0.490. The van der Waals surface area contributed by atoms with E-state index < -0.39 is 23.9 Å². The van der Waals surface area contributed by atoms with Crippen LogP contribution in [0.2, 0.25) is 0 Å². The number of hydrogen-bond donors (Lipinski definition) is 4. The molecule has 72 valence electrons. The molecule has 0 aromatic heterocycles. The summed E-state index contributed by atoms with van der Waals surface area (Å²) in [4.78, 5) is 10.1. The Balaban J connectivity index is 4.47. The SMILES string of the molecule is C[C@@H](O)[C@H](O)[C@@](C)(O)[C@@H](O)C=O. The van der Waals surface area contributed by atoms with E-state index in [-0.39, 0.29) is 6.29 Å². The maximum atomic E-state index is 10.1. The Morgan fingerprint density at radius 3 is 2.00 bits per heavy atom. The van der Waals surface area contributed by atoms with Crippen molar-refractivity contribution in [1.82, 2.24) is 0 Å². The molecular weight excluding hydrogens is 164 g/mol. The van der Waals surface area contributed by atoms with Gasteiger partial charge in [-0.3, -0.25) is 0 Å². The quantitative estimate of drug-likeness (QED) is 0.375. The van der Waals surface area contributed by atoms with Gasteiger partial charge in [-0.2, -0.15) is 0 Å². The van der Waals surface area contributed by atoms with Crippen LogP contribution in [0.15, 0.2) is 0 Å². The molecule has 0 heterocycles. The van der Waals surface area contributed by atoms with Gasteiger partial charge in [0.15, 0.2) is 6.29 Å². The third-order valence-corrected chi connectivity index (χ3v) is 1.78. The molecule has 0 spiro atoms. The molecular formula is C7H14O5. The minimum absolute atomic E-state index is 0.103. The van der Waals surface area contributed by atoms with Crippen molar-refractivity contribution in [2.24, 2.45) is 0 Å². The third kappa shape index (κ3) is 2.25. The molecule has 0 aliphatic carbocycles. The summed E-state index contributed by atoms with van der Waals surface area (Å²) in [5.41, 5.74) is -2.02. The van der Waals surface area contributed by atoms with Crippen molar-refractivity contribution in [3.8, 4) is 0 Å². The molecule has 0 aliphatic rings. The first kappa shape index (κ1) is 11.5. The molecule has 4 N–H and O–H groups in total. The fourth-order valence-electron chi connectivity index (χ4n) is 0.801. The van der Waals surface area contributed by atoms with Gasteiger partial charge in [0, 0.05) is 0 Å². The molecule has 4 atom stereocenters. The van der Waals surface area contributed by atoms with Gasteiger partial charge in [0.2, 0.25) is 0 Å². The lowest BCUT2D eigenvalue weighted by Gasteiger charge is -2.32. The van der Waals surface area contributed by atoms with Crippen LogP contribution in [0.25, 0.3) is 0 Å². The lowest BCUT2D eigenvalue weighted by molar-refractivity contribution is -0.166. The summed E-state index contributed by atoms with van der Waals surface area (Å²) in [6.07, 6.45) is -4.37. The molecule has 0 saturated carbocycles. The van der Waals surface area contributed by atoms with E-state index in [1.807, 2.05) is 0 Å². The number of carbonyl (C=O) groups excluding carboxylic acids is 1. The van der Waals surface area contributed by atoms with Crippen molar-refractivity contribution >= 4 is 6.29 Å². The van der Waals surface area contributed by atoms with Crippen molar-refractivity contribution in [2.75, 3.05) is 0 Å². The standard InChI is InChI=1S/C7H14O5/c1-4(9)6(11)7(2,12)5(10)3-8/h3-6,9-12H,1-2H3/t4-,5+,6+,7+/m1/s1. The van der Waals surface area contributed by atoms with Gasteiger partial charge in [0.05, 0.1) is 6.10 Å². The molecule has 0 radical (unpaired) electrons. The Kier molecular flexibility index (Phi) is 3.79. The topological polar surface area (TPSA) is 98.0 Å². The summed E-state index contributed by atoms with van der Waals surface area (Å²) in [5, 5.41) is 36.2. The van der Waals surface area contributed by atoms with Crippen molar-refractivity contribution in [3.05, 3.63) is 0 Å². The lowest BCUT2D eigenvalue weighted by atomic mass is 9.90. The van der Waals surface area contributed by atoms with Gasteiger partial charge < -0.3 is 25.2 Å². The van der Waals surface area contributed by atoms with Crippen LogP contribution in [0.3, 0.4) is 0 Å². The van der Waals surface area contributed by atoms with Crippen LogP contribution < -0.4 is 0 Å². The zero-order valence-electron chi connectivity index (χ0n) is 7.01. The molecule has 0 rings (SSSR count). The number of carbonyl (C=O) groups is 1. The van der Waals surface area contributed by atoms with Crippen LogP contribution in [0.4, 0.5) is 0 Å². The molecule has 12 heavy (non-hydrogen) atoms. The summed E-state index contributed by atoms with van der Waals surface area (Å²) in [6.45, 7) is 2.32. The van der Waals surface area contributed by atoms with Crippen molar-refractivity contribution < 1.29 is 25.2 Å². The molecule has 0 saturated heterocycles. The van der Waals surface area contributed by atoms with Gasteiger partial charge in [-0.1, -0.05) is 0 Å². The number of rotatable bonds is 4. The molecule has 0 bridgehead atoms. The van der Waals surface area contributed by atoms with Gasteiger partial charge in [-0.15, -0.1) is 0 Å². The van der Waals surface area contributed by atoms with E-state index in [2.05, 4.69) is 0 Å². The van der Waals surface area contributed by atoms with Crippen LogP contribution in [-0.2, 0) is 4.79 Å². The predicted molar refractivity (Wildman–Crippen MR) is 40.4 cm³/mol. The summed E-state index contributed by atoms with van der Waals surface area (Å²) in [7, 11) is 0. The van der Waals surface area contributed by atoms with E-state index in [9.17, 15) is 9.90 Å². The van der Waals surface area contributed by atoms with E-state index in [1.54, 1.807) is 0 Å². The molecule has 5 heteroatoms. The minimum atomic E-state index is -2.02. The van der Waals surface area contributed by atoms with Crippen LogP contribution in [0.5, 0.6) is 0 Å². The van der Waals surface area contributed by atoms with Crippen LogP contribution >= 0.6 is 0 Å². The lowest BCUT2D eigenvalue weighted by Crippen LogP contribution is -2.54. The Morgan fingerprint density at radius 1 is 1.33 bits per heavy atom. The summed E-state index contributed by atoms with van der Waals surface area (Å²) < 4.78 is 0. The van der Waals surface area contributed by atoms with Crippen LogP contribution in [-0.4, -0.2) is 50.6 Å². The first-order valence-electron chi connectivity index (χ1n) is 3.56. The van der Waals surface area contributed by atoms with Crippen LogP contribution in [0.1, 0.15) is 13.8 Å². The average Bonchev–Trinajstić information content (AvgIpc) is 2.01. The van der Waals surface area contributed by atoms with Crippen molar-refractivity contribution in [1.29, 1.82) is 0 Å². The second-order valence-electron chi connectivity index (χ2n) is 2.99. The fourth-order valence-corrected chi connectivity index (χ4v) is 0.801. The van der Waals surface area contributed by atoms with Crippen LogP contribution in [0, 0.1) is 0 Å². The summed E-state index contributed by atoms with van der Waals surface area (Å²) >= 11 is 0. The summed E-state index contributed by atoms with van der Waals surface area (Å²) in [6, 6.07) is 0. The van der Waals surface area contributed by atoms with Gasteiger partial charge >= 0.3 is 0 Å². The van der Waals surface area contributed by atoms with E-state index in [4.69, 9.17) is 15.3 Å². The maximum absolute atomic E-state index is 10.1. The number of hydrogen-bond acceptors (Lipinski definition) is 5. The van der Waals surface area contributed by atoms with E-state index in [1.165, 1.54) is 6.92 Å². The highest BCUT2D eigenvalue weighted by molar-refractivity contribution is 5.58. The van der Waals surface area contributed by atoms with E-state index in [0.717, 1.165) is 6.92 Å². The van der Waals surface area contributed by atoms with E-state index in [0.29, 0.717) is 0 Å². The first-order chi connectivity index (χ1) is 5.34. The highest BCUT2D eigenvalue weighted by Crippen LogP contribution is 2.16. The smallest absolute Gasteiger partial charge is 0.151 e. The first-order valence-corrected chi connectivity index (χ1v) is 3.56. The molecule has 0 fully saturated rings.